The van der Waals surface area contributed by atoms with E-state index < -0.39 is 0 Å². The molecule has 0 radical (unpaired) electrons. The monoisotopic (exact) mass is 243 g/mol. The summed E-state index contributed by atoms with van der Waals surface area (Å²) in [5, 5.41) is 9.20. The van der Waals surface area contributed by atoms with Crippen molar-refractivity contribution < 1.29 is 4.74 Å². The molecule has 1 aromatic heterocycles. The van der Waals surface area contributed by atoms with Gasteiger partial charge in [0, 0.05) is 12.7 Å². The third kappa shape index (κ3) is 1.95. The van der Waals surface area contributed by atoms with E-state index in [9.17, 15) is 5.26 Å². The molecule has 2 heterocycles. The standard InChI is InChI=1S/C14H17N3O/c15-10-11-4-3-7-16-14(11)17-8-9-18-13-6-2-1-5-12(13)17/h3-4,7,12-13H,1-2,5-6,8-9H2. The van der Waals surface area contributed by atoms with Crippen LogP contribution in [0.25, 0.3) is 0 Å². The number of fused-ring (bicyclic) bond motifs is 1. The molecule has 0 amide bonds. The lowest BCUT2D eigenvalue weighted by atomic mass is 9.90. The molecule has 2 atom stereocenters. The van der Waals surface area contributed by atoms with Crippen LogP contribution in [0, 0.1) is 11.3 Å². The Morgan fingerprint density at radius 3 is 3.17 bits per heavy atom. The Morgan fingerprint density at radius 1 is 1.39 bits per heavy atom. The summed E-state index contributed by atoms with van der Waals surface area (Å²) in [7, 11) is 0. The van der Waals surface area contributed by atoms with Crippen molar-refractivity contribution in [2.45, 2.75) is 37.8 Å². The highest BCUT2D eigenvalue weighted by Crippen LogP contribution is 2.32. The molecule has 1 saturated heterocycles. The lowest BCUT2D eigenvalue weighted by molar-refractivity contribution is -0.00900. The van der Waals surface area contributed by atoms with Crippen molar-refractivity contribution in [3.8, 4) is 6.07 Å². The molecule has 2 fully saturated rings. The molecule has 0 spiro atoms. The number of nitrogens with zero attached hydrogens (tertiary/aromatic N) is 3. The maximum absolute atomic E-state index is 9.20. The van der Waals surface area contributed by atoms with Crippen molar-refractivity contribution in [1.29, 1.82) is 5.26 Å². The Kier molecular flexibility index (Phi) is 3.16. The second-order valence-corrected chi connectivity index (χ2v) is 4.94. The second kappa shape index (κ2) is 4.95. The molecule has 4 nitrogen and oxygen atoms in total. The molecule has 0 bridgehead atoms. The van der Waals surface area contributed by atoms with Crippen LogP contribution >= 0.6 is 0 Å². The predicted octanol–water partition coefficient (Wildman–Crippen LogP) is 2.10. The van der Waals surface area contributed by atoms with Crippen molar-refractivity contribution in [1.82, 2.24) is 4.98 Å². The first-order chi connectivity index (χ1) is 8.90. The number of nitriles is 1. The van der Waals surface area contributed by atoms with Crippen molar-refractivity contribution in [3.63, 3.8) is 0 Å². The SMILES string of the molecule is N#Cc1cccnc1N1CCOC2CCCCC21. The molecule has 2 unspecified atom stereocenters. The third-order valence-electron chi connectivity index (χ3n) is 3.91. The number of anilines is 1. The van der Waals surface area contributed by atoms with Gasteiger partial charge in [-0.2, -0.15) is 5.26 Å². The minimum Gasteiger partial charge on any atom is -0.374 e. The number of hydrogen-bond acceptors (Lipinski definition) is 4. The smallest absolute Gasteiger partial charge is 0.146 e. The van der Waals surface area contributed by atoms with Gasteiger partial charge in [-0.3, -0.25) is 0 Å². The Bertz CT molecular complexity index is 466. The summed E-state index contributed by atoms with van der Waals surface area (Å²) in [5.74, 6) is 0.834. The number of rotatable bonds is 1. The quantitative estimate of drug-likeness (QED) is 0.758. The van der Waals surface area contributed by atoms with Gasteiger partial charge in [0.1, 0.15) is 11.9 Å². The van der Waals surface area contributed by atoms with Crippen LogP contribution in [-0.2, 0) is 4.74 Å². The highest BCUT2D eigenvalue weighted by atomic mass is 16.5. The summed E-state index contributed by atoms with van der Waals surface area (Å²) in [4.78, 5) is 6.70. The molecule has 1 saturated carbocycles. The Hall–Kier alpha value is -1.60. The first-order valence-electron chi connectivity index (χ1n) is 6.63. The highest BCUT2D eigenvalue weighted by molar-refractivity contribution is 5.54. The van der Waals surface area contributed by atoms with Crippen molar-refractivity contribution >= 4 is 5.82 Å². The van der Waals surface area contributed by atoms with Gasteiger partial charge in [-0.15, -0.1) is 0 Å². The summed E-state index contributed by atoms with van der Waals surface area (Å²) in [6.45, 7) is 1.58. The molecule has 1 aliphatic carbocycles. The topological polar surface area (TPSA) is 49.2 Å². The van der Waals surface area contributed by atoms with Crippen molar-refractivity contribution in [3.05, 3.63) is 23.9 Å². The lowest BCUT2D eigenvalue weighted by Gasteiger charge is -2.44. The average Bonchev–Trinajstić information content (AvgIpc) is 2.46. The molecule has 0 N–H and O–H groups in total. The molecule has 1 aromatic rings. The molecule has 3 rings (SSSR count). The van der Waals surface area contributed by atoms with Crippen LogP contribution in [-0.4, -0.2) is 30.3 Å². The van der Waals surface area contributed by atoms with Crippen LogP contribution in [0.5, 0.6) is 0 Å². The molecule has 2 aliphatic rings. The highest BCUT2D eigenvalue weighted by Gasteiger charge is 2.35. The van der Waals surface area contributed by atoms with Crippen LogP contribution < -0.4 is 4.90 Å². The van der Waals surface area contributed by atoms with Gasteiger partial charge in [0.15, 0.2) is 0 Å². The fraction of sp³-hybridized carbons (Fsp3) is 0.571. The minimum atomic E-state index is 0.320. The maximum atomic E-state index is 9.20. The number of ether oxygens (including phenoxy) is 1. The Morgan fingerprint density at radius 2 is 2.28 bits per heavy atom. The fourth-order valence-corrected chi connectivity index (χ4v) is 3.07. The van der Waals surface area contributed by atoms with Crippen LogP contribution in [0.3, 0.4) is 0 Å². The van der Waals surface area contributed by atoms with Gasteiger partial charge in [-0.1, -0.05) is 12.8 Å². The second-order valence-electron chi connectivity index (χ2n) is 4.94. The molecule has 18 heavy (non-hydrogen) atoms. The van der Waals surface area contributed by atoms with Gasteiger partial charge in [0.25, 0.3) is 0 Å². The molecule has 0 aromatic carbocycles. The largest absolute Gasteiger partial charge is 0.374 e. The van der Waals surface area contributed by atoms with Crippen LogP contribution in [0.4, 0.5) is 5.82 Å². The number of hydrogen-bond donors (Lipinski definition) is 0. The summed E-state index contributed by atoms with van der Waals surface area (Å²) >= 11 is 0. The van der Waals surface area contributed by atoms with Gasteiger partial charge in [-0.25, -0.2) is 4.98 Å². The van der Waals surface area contributed by atoms with E-state index in [1.165, 1.54) is 12.8 Å². The van der Waals surface area contributed by atoms with E-state index in [2.05, 4.69) is 16.0 Å². The van der Waals surface area contributed by atoms with E-state index in [-0.39, 0.29) is 0 Å². The fourth-order valence-electron chi connectivity index (χ4n) is 3.07. The summed E-state index contributed by atoms with van der Waals surface area (Å²) in [6, 6.07) is 6.30. The molecular weight excluding hydrogens is 226 g/mol. The maximum Gasteiger partial charge on any atom is 0.146 e. The van der Waals surface area contributed by atoms with Gasteiger partial charge in [0.05, 0.1) is 24.3 Å². The molecule has 4 heteroatoms. The summed E-state index contributed by atoms with van der Waals surface area (Å²) in [6.07, 6.45) is 6.87. The van der Waals surface area contributed by atoms with Gasteiger partial charge >= 0.3 is 0 Å². The predicted molar refractivity (Wildman–Crippen MR) is 68.3 cm³/mol. The lowest BCUT2D eigenvalue weighted by Crippen LogP contribution is -2.53. The van der Waals surface area contributed by atoms with E-state index in [0.717, 1.165) is 31.8 Å². The normalized spacial score (nSPS) is 27.4. The third-order valence-corrected chi connectivity index (χ3v) is 3.91. The number of aromatic nitrogens is 1. The van der Waals surface area contributed by atoms with Crippen molar-refractivity contribution in [2.75, 3.05) is 18.1 Å². The summed E-state index contributed by atoms with van der Waals surface area (Å²) in [5.41, 5.74) is 0.670. The van der Waals surface area contributed by atoms with Crippen LogP contribution in [0.15, 0.2) is 18.3 Å². The Balaban J connectivity index is 1.92. The van der Waals surface area contributed by atoms with E-state index >= 15 is 0 Å². The molecule has 1 aliphatic heterocycles. The zero-order valence-corrected chi connectivity index (χ0v) is 10.4. The van der Waals surface area contributed by atoms with E-state index in [0.29, 0.717) is 17.7 Å². The van der Waals surface area contributed by atoms with Gasteiger partial charge in [-0.05, 0) is 25.0 Å². The van der Waals surface area contributed by atoms with Crippen LogP contribution in [0.1, 0.15) is 31.2 Å². The Labute approximate surface area is 107 Å². The molecule has 94 valence electrons. The average molecular weight is 243 g/mol. The van der Waals surface area contributed by atoms with Crippen molar-refractivity contribution in [2.24, 2.45) is 0 Å². The molecular formula is C14H17N3O. The van der Waals surface area contributed by atoms with E-state index in [1.54, 1.807) is 6.20 Å². The number of morpholine rings is 1. The first kappa shape index (κ1) is 11.5. The first-order valence-corrected chi connectivity index (χ1v) is 6.63. The summed E-state index contributed by atoms with van der Waals surface area (Å²) < 4.78 is 5.85. The van der Waals surface area contributed by atoms with Gasteiger partial charge < -0.3 is 9.64 Å². The van der Waals surface area contributed by atoms with E-state index in [4.69, 9.17) is 4.74 Å². The van der Waals surface area contributed by atoms with E-state index in [1.807, 2.05) is 12.1 Å². The van der Waals surface area contributed by atoms with Gasteiger partial charge in [0.2, 0.25) is 0 Å². The minimum absolute atomic E-state index is 0.320. The number of pyridine rings is 1. The van der Waals surface area contributed by atoms with Crippen LogP contribution in [0.2, 0.25) is 0 Å². The zero-order valence-electron chi connectivity index (χ0n) is 10.4. The zero-order chi connectivity index (χ0) is 12.4.